The van der Waals surface area contributed by atoms with Crippen molar-refractivity contribution in [2.75, 3.05) is 26.2 Å². The lowest BCUT2D eigenvalue weighted by Gasteiger charge is -2.39. The van der Waals surface area contributed by atoms with Crippen molar-refractivity contribution < 1.29 is 9.59 Å². The summed E-state index contributed by atoms with van der Waals surface area (Å²) in [5.41, 5.74) is 3.25. The van der Waals surface area contributed by atoms with Crippen LogP contribution in [0.2, 0.25) is 0 Å². The molecular formula is C22H28N4O2. The molecule has 0 aliphatic carbocycles. The number of aromatic nitrogens is 2. The quantitative estimate of drug-likeness (QED) is 0.766. The maximum Gasteiger partial charge on any atom is 0.344 e. The Balaban J connectivity index is 1.33. The molecule has 2 fully saturated rings. The molecule has 2 aromatic rings. The molecule has 1 spiro atoms. The fourth-order valence-electron chi connectivity index (χ4n) is 4.52. The molecule has 6 nitrogen and oxygen atoms in total. The van der Waals surface area contributed by atoms with Crippen LogP contribution < -0.4 is 0 Å². The topological polar surface area (TPSA) is 58.4 Å². The normalized spacial score (nSPS) is 19.3. The van der Waals surface area contributed by atoms with E-state index in [9.17, 15) is 9.59 Å². The van der Waals surface area contributed by atoms with Gasteiger partial charge in [-0.05, 0) is 56.3 Å². The van der Waals surface area contributed by atoms with E-state index in [0.29, 0.717) is 5.69 Å². The van der Waals surface area contributed by atoms with Crippen molar-refractivity contribution in [3.8, 4) is 0 Å². The summed E-state index contributed by atoms with van der Waals surface area (Å²) in [5, 5.41) is 4.12. The van der Waals surface area contributed by atoms with Gasteiger partial charge in [0.05, 0.1) is 0 Å². The minimum atomic E-state index is -0.120. The molecular weight excluding hydrogens is 352 g/mol. The van der Waals surface area contributed by atoms with Crippen LogP contribution >= 0.6 is 0 Å². The predicted molar refractivity (Wildman–Crippen MR) is 107 cm³/mol. The molecule has 1 aromatic heterocycles. The highest BCUT2D eigenvalue weighted by Crippen LogP contribution is 2.40. The number of carbonyl (C=O) groups excluding carboxylic acids is 2. The largest absolute Gasteiger partial charge is 0.344 e. The number of nitrogens with zero attached hydrogens (tertiary/aromatic N) is 4. The summed E-state index contributed by atoms with van der Waals surface area (Å²) in [6, 6.07) is 10.2. The third kappa shape index (κ3) is 3.87. The number of ketones is 1. The Bertz CT molecular complexity index is 880. The molecule has 2 aliphatic rings. The number of aryl methyl sites for hydroxylation is 1. The van der Waals surface area contributed by atoms with E-state index in [1.165, 1.54) is 22.7 Å². The van der Waals surface area contributed by atoms with Crippen LogP contribution in [0, 0.1) is 12.3 Å². The molecule has 2 saturated heterocycles. The highest BCUT2D eigenvalue weighted by molar-refractivity contribution is 5.92. The molecule has 0 saturated carbocycles. The van der Waals surface area contributed by atoms with Crippen LogP contribution in [-0.2, 0) is 6.54 Å². The maximum absolute atomic E-state index is 12.8. The van der Waals surface area contributed by atoms with E-state index in [2.05, 4.69) is 41.2 Å². The minimum Gasteiger partial charge on any atom is -0.322 e. The van der Waals surface area contributed by atoms with Crippen molar-refractivity contribution in [2.24, 2.45) is 5.41 Å². The predicted octanol–water partition coefficient (Wildman–Crippen LogP) is 3.35. The van der Waals surface area contributed by atoms with E-state index in [0.717, 1.165) is 52.0 Å². The number of piperidine rings is 1. The summed E-state index contributed by atoms with van der Waals surface area (Å²) in [4.78, 5) is 28.6. The molecule has 28 heavy (non-hydrogen) atoms. The second-order valence-electron chi connectivity index (χ2n) is 8.42. The third-order valence-corrected chi connectivity index (χ3v) is 6.26. The first kappa shape index (κ1) is 18.9. The summed E-state index contributed by atoms with van der Waals surface area (Å²) < 4.78 is 1.31. The Morgan fingerprint density at radius 3 is 2.54 bits per heavy atom. The van der Waals surface area contributed by atoms with E-state index in [-0.39, 0.29) is 17.2 Å². The van der Waals surface area contributed by atoms with Crippen molar-refractivity contribution in [3.63, 3.8) is 0 Å². The van der Waals surface area contributed by atoms with Crippen LogP contribution in [0.4, 0.5) is 4.79 Å². The van der Waals surface area contributed by atoms with Crippen LogP contribution in [0.15, 0.2) is 36.5 Å². The van der Waals surface area contributed by atoms with Gasteiger partial charge >= 0.3 is 6.03 Å². The lowest BCUT2D eigenvalue weighted by atomic mass is 9.77. The van der Waals surface area contributed by atoms with Gasteiger partial charge in [0.15, 0.2) is 5.78 Å². The number of Topliss-reactive ketones (excluding diaryl/α,β-unsaturated/α-hetero) is 1. The average molecular weight is 380 g/mol. The van der Waals surface area contributed by atoms with E-state index in [4.69, 9.17) is 0 Å². The highest BCUT2D eigenvalue weighted by Gasteiger charge is 2.42. The summed E-state index contributed by atoms with van der Waals surface area (Å²) in [6.07, 6.45) is 4.90. The first-order valence-electron chi connectivity index (χ1n) is 10.1. The monoisotopic (exact) mass is 380 g/mol. The van der Waals surface area contributed by atoms with Gasteiger partial charge in [0.1, 0.15) is 5.69 Å². The van der Waals surface area contributed by atoms with E-state index < -0.39 is 0 Å². The number of carbonyl (C=O) groups is 2. The maximum atomic E-state index is 12.8. The van der Waals surface area contributed by atoms with Crippen molar-refractivity contribution in [1.29, 1.82) is 0 Å². The first-order valence-corrected chi connectivity index (χ1v) is 10.1. The summed E-state index contributed by atoms with van der Waals surface area (Å²) >= 11 is 0. The van der Waals surface area contributed by atoms with Crippen LogP contribution in [0.1, 0.15) is 47.8 Å². The molecule has 2 aliphatic heterocycles. The van der Waals surface area contributed by atoms with Gasteiger partial charge in [0.2, 0.25) is 0 Å². The number of likely N-dealkylation sites (tertiary alicyclic amines) is 2. The fraction of sp³-hybridized carbons (Fsp3) is 0.500. The zero-order chi connectivity index (χ0) is 19.7. The molecule has 1 aromatic carbocycles. The van der Waals surface area contributed by atoms with Gasteiger partial charge in [-0.25, -0.2) is 4.79 Å². The van der Waals surface area contributed by atoms with Crippen molar-refractivity contribution in [1.82, 2.24) is 19.6 Å². The van der Waals surface area contributed by atoms with Gasteiger partial charge in [0, 0.05) is 32.8 Å². The number of benzene rings is 1. The van der Waals surface area contributed by atoms with Crippen molar-refractivity contribution >= 4 is 11.8 Å². The zero-order valence-corrected chi connectivity index (χ0v) is 16.7. The Morgan fingerprint density at radius 2 is 1.86 bits per heavy atom. The molecule has 0 bridgehead atoms. The molecule has 0 radical (unpaired) electrons. The van der Waals surface area contributed by atoms with E-state index in [1.54, 1.807) is 12.3 Å². The second kappa shape index (κ2) is 7.51. The molecule has 0 N–H and O–H groups in total. The number of hydrogen-bond donors (Lipinski definition) is 0. The molecule has 6 heteroatoms. The molecule has 0 atom stereocenters. The summed E-state index contributed by atoms with van der Waals surface area (Å²) in [5.74, 6) is -0.120. The lowest BCUT2D eigenvalue weighted by Crippen LogP contribution is -2.42. The Kier molecular flexibility index (Phi) is 5.06. The Hall–Kier alpha value is -2.47. The number of hydrogen-bond acceptors (Lipinski definition) is 4. The van der Waals surface area contributed by atoms with Crippen LogP contribution in [-0.4, -0.2) is 57.6 Å². The molecule has 148 valence electrons. The standard InChI is InChI=1S/C22H28N4O2/c1-17-4-3-5-19(14-17)15-24-11-7-22(8-12-24)9-13-25(16-22)21(28)26-10-6-20(23-26)18(2)27/h3-6,10,14H,7-9,11-13,15-16H2,1-2H3. The summed E-state index contributed by atoms with van der Waals surface area (Å²) in [7, 11) is 0. The molecule has 3 heterocycles. The van der Waals surface area contributed by atoms with Gasteiger partial charge in [-0.3, -0.25) is 9.69 Å². The SMILES string of the molecule is CC(=O)c1ccn(C(=O)N2CCC3(CCN(Cc4cccc(C)c4)CC3)C2)n1. The summed E-state index contributed by atoms with van der Waals surface area (Å²) in [6.45, 7) is 8.32. The molecule has 1 amide bonds. The van der Waals surface area contributed by atoms with Gasteiger partial charge in [-0.15, -0.1) is 0 Å². The Morgan fingerprint density at radius 1 is 1.11 bits per heavy atom. The fourth-order valence-corrected chi connectivity index (χ4v) is 4.52. The number of amides is 1. The first-order chi connectivity index (χ1) is 13.4. The van der Waals surface area contributed by atoms with E-state index in [1.807, 2.05) is 4.90 Å². The van der Waals surface area contributed by atoms with Crippen LogP contribution in [0.3, 0.4) is 0 Å². The van der Waals surface area contributed by atoms with E-state index >= 15 is 0 Å². The number of rotatable bonds is 3. The van der Waals surface area contributed by atoms with Gasteiger partial charge in [-0.1, -0.05) is 29.8 Å². The van der Waals surface area contributed by atoms with Crippen LogP contribution in [0.5, 0.6) is 0 Å². The zero-order valence-electron chi connectivity index (χ0n) is 16.7. The van der Waals surface area contributed by atoms with Gasteiger partial charge in [-0.2, -0.15) is 9.78 Å². The smallest absolute Gasteiger partial charge is 0.322 e. The minimum absolute atomic E-state index is 0.119. The molecule has 4 rings (SSSR count). The van der Waals surface area contributed by atoms with Gasteiger partial charge < -0.3 is 4.90 Å². The lowest BCUT2D eigenvalue weighted by molar-refractivity contribution is 0.101. The highest BCUT2D eigenvalue weighted by atomic mass is 16.2. The third-order valence-electron chi connectivity index (χ3n) is 6.26. The van der Waals surface area contributed by atoms with Gasteiger partial charge in [0.25, 0.3) is 0 Å². The molecule has 0 unspecified atom stereocenters. The van der Waals surface area contributed by atoms with Crippen molar-refractivity contribution in [2.45, 2.75) is 39.7 Å². The van der Waals surface area contributed by atoms with Crippen LogP contribution in [0.25, 0.3) is 0 Å². The average Bonchev–Trinajstić information content (AvgIpc) is 3.32. The van der Waals surface area contributed by atoms with Crippen molar-refractivity contribution in [3.05, 3.63) is 53.3 Å². The Labute approximate surface area is 166 Å². The second-order valence-corrected chi connectivity index (χ2v) is 8.42.